The molecule has 0 aromatic carbocycles. The maximum Gasteiger partial charge on any atom is 0.320 e. The standard InChI is InChI=1S/C14H21F4NOS/c1-19(8-14(17,18)12(15)16)21(20)13-5-9-2-10(6-13)4-11(3-9)7-13/h9-12H,2-8H2,1H3/t9?,10?,11?,13?,21-/m1/s1. The minimum atomic E-state index is -4.10. The van der Waals surface area contributed by atoms with Crippen LogP contribution in [0.1, 0.15) is 38.5 Å². The average Bonchev–Trinajstić information content (AvgIpc) is 2.35. The first-order chi connectivity index (χ1) is 9.72. The molecule has 4 aliphatic rings. The molecule has 21 heavy (non-hydrogen) atoms. The third-order valence-electron chi connectivity index (χ3n) is 5.39. The highest BCUT2D eigenvalue weighted by atomic mass is 32.2. The monoisotopic (exact) mass is 327 g/mol. The van der Waals surface area contributed by atoms with Gasteiger partial charge in [-0.1, -0.05) is 0 Å². The van der Waals surface area contributed by atoms with Crippen molar-refractivity contribution < 1.29 is 21.8 Å². The molecule has 0 N–H and O–H groups in total. The van der Waals surface area contributed by atoms with Crippen molar-refractivity contribution in [1.29, 1.82) is 0 Å². The van der Waals surface area contributed by atoms with Crippen molar-refractivity contribution in [3.05, 3.63) is 0 Å². The van der Waals surface area contributed by atoms with Crippen molar-refractivity contribution in [3.8, 4) is 0 Å². The van der Waals surface area contributed by atoms with Gasteiger partial charge in [-0.25, -0.2) is 17.3 Å². The van der Waals surface area contributed by atoms with Crippen molar-refractivity contribution in [3.63, 3.8) is 0 Å². The van der Waals surface area contributed by atoms with Crippen LogP contribution in [0.15, 0.2) is 0 Å². The van der Waals surface area contributed by atoms with Gasteiger partial charge >= 0.3 is 12.3 Å². The Hall–Kier alpha value is -0.170. The average molecular weight is 327 g/mol. The summed E-state index contributed by atoms with van der Waals surface area (Å²) in [5.41, 5.74) is 0. The Labute approximate surface area is 124 Å². The number of hydrogen-bond acceptors (Lipinski definition) is 1. The summed E-state index contributed by atoms with van der Waals surface area (Å²) in [6.07, 6.45) is 2.17. The minimum Gasteiger partial charge on any atom is -0.242 e. The van der Waals surface area contributed by atoms with Gasteiger partial charge in [-0.15, -0.1) is 0 Å². The van der Waals surface area contributed by atoms with E-state index in [-0.39, 0.29) is 0 Å². The lowest BCUT2D eigenvalue weighted by atomic mass is 9.56. The van der Waals surface area contributed by atoms with Gasteiger partial charge in [-0.2, -0.15) is 8.78 Å². The van der Waals surface area contributed by atoms with E-state index in [0.29, 0.717) is 17.8 Å². The second-order valence-electron chi connectivity index (χ2n) is 7.20. The van der Waals surface area contributed by atoms with Crippen molar-refractivity contribution in [1.82, 2.24) is 4.31 Å². The molecule has 4 saturated carbocycles. The zero-order valence-corrected chi connectivity index (χ0v) is 12.9. The van der Waals surface area contributed by atoms with Crippen LogP contribution >= 0.6 is 0 Å². The van der Waals surface area contributed by atoms with Gasteiger partial charge in [-0.3, -0.25) is 0 Å². The lowest BCUT2D eigenvalue weighted by Gasteiger charge is -2.56. The quantitative estimate of drug-likeness (QED) is 0.708. The summed E-state index contributed by atoms with van der Waals surface area (Å²) < 4.78 is 64.3. The van der Waals surface area contributed by atoms with E-state index in [0.717, 1.165) is 42.8 Å². The topological polar surface area (TPSA) is 20.3 Å². The van der Waals surface area contributed by atoms with Crippen LogP contribution in [0.4, 0.5) is 17.6 Å². The smallest absolute Gasteiger partial charge is 0.242 e. The van der Waals surface area contributed by atoms with Crippen LogP contribution in [0.2, 0.25) is 0 Å². The highest BCUT2D eigenvalue weighted by Crippen LogP contribution is 2.58. The zero-order valence-electron chi connectivity index (χ0n) is 12.0. The van der Waals surface area contributed by atoms with E-state index in [1.165, 1.54) is 7.05 Å². The molecule has 0 unspecified atom stereocenters. The minimum absolute atomic E-state index is 0.443. The largest absolute Gasteiger partial charge is 0.320 e. The third-order valence-corrected chi connectivity index (χ3v) is 7.32. The van der Waals surface area contributed by atoms with Crippen LogP contribution in [-0.2, 0) is 11.0 Å². The highest BCUT2D eigenvalue weighted by molar-refractivity contribution is 7.84. The van der Waals surface area contributed by atoms with Crippen LogP contribution in [0, 0.1) is 17.8 Å². The molecule has 7 heteroatoms. The second kappa shape index (κ2) is 5.18. The number of nitrogens with zero attached hydrogens (tertiary/aromatic N) is 1. The van der Waals surface area contributed by atoms with Gasteiger partial charge in [-0.05, 0) is 56.3 Å². The zero-order chi connectivity index (χ0) is 15.4. The molecule has 1 atom stereocenters. The molecule has 0 spiro atoms. The number of alkyl halides is 4. The number of rotatable bonds is 5. The molecule has 0 aliphatic heterocycles. The van der Waals surface area contributed by atoms with Gasteiger partial charge < -0.3 is 0 Å². The van der Waals surface area contributed by atoms with Crippen LogP contribution in [0.25, 0.3) is 0 Å². The fourth-order valence-corrected chi connectivity index (χ4v) is 7.09. The molecule has 0 aromatic heterocycles. The van der Waals surface area contributed by atoms with E-state index in [9.17, 15) is 21.8 Å². The molecular weight excluding hydrogens is 306 g/mol. The van der Waals surface area contributed by atoms with E-state index in [1.807, 2.05) is 0 Å². The normalized spacial score (nSPS) is 40.2. The van der Waals surface area contributed by atoms with Gasteiger partial charge in [0.05, 0.1) is 11.3 Å². The Kier molecular flexibility index (Phi) is 3.88. The summed E-state index contributed by atoms with van der Waals surface area (Å²) in [6, 6.07) is 0. The Bertz CT molecular complexity index is 407. The summed E-state index contributed by atoms with van der Waals surface area (Å²) in [5.74, 6) is -2.47. The summed E-state index contributed by atoms with van der Waals surface area (Å²) in [6.45, 7) is -1.14. The Balaban J connectivity index is 1.73. The lowest BCUT2D eigenvalue weighted by Crippen LogP contribution is -2.56. The summed E-state index contributed by atoms with van der Waals surface area (Å²) in [4.78, 5) is 0. The molecule has 0 saturated heterocycles. The maximum absolute atomic E-state index is 13.2. The van der Waals surface area contributed by atoms with Crippen LogP contribution < -0.4 is 0 Å². The van der Waals surface area contributed by atoms with E-state index in [1.54, 1.807) is 0 Å². The Morgan fingerprint density at radius 1 is 1.14 bits per heavy atom. The maximum atomic E-state index is 13.2. The van der Waals surface area contributed by atoms with E-state index < -0.39 is 34.6 Å². The SMILES string of the molecule is CN(CC(F)(F)C(F)F)[S@](=O)C12CC3CC(CC(C3)C1)C2. The lowest BCUT2D eigenvalue weighted by molar-refractivity contribution is -0.132. The Morgan fingerprint density at radius 2 is 1.57 bits per heavy atom. The van der Waals surface area contributed by atoms with Crippen molar-refractivity contribution in [2.45, 2.75) is 55.6 Å². The second-order valence-corrected chi connectivity index (χ2v) is 9.19. The molecule has 4 rings (SSSR count). The molecule has 2 nitrogen and oxygen atoms in total. The van der Waals surface area contributed by atoms with E-state index in [4.69, 9.17) is 0 Å². The number of hydrogen-bond donors (Lipinski definition) is 0. The third kappa shape index (κ3) is 2.76. The summed E-state index contributed by atoms with van der Waals surface area (Å²) >= 11 is 0. The first kappa shape index (κ1) is 15.7. The Morgan fingerprint density at radius 3 is 1.95 bits per heavy atom. The van der Waals surface area contributed by atoms with Crippen molar-refractivity contribution in [2.24, 2.45) is 17.8 Å². The van der Waals surface area contributed by atoms with Gasteiger partial charge in [0.2, 0.25) is 0 Å². The van der Waals surface area contributed by atoms with Crippen LogP contribution in [0.3, 0.4) is 0 Å². The predicted molar refractivity (Wildman–Crippen MR) is 72.6 cm³/mol. The van der Waals surface area contributed by atoms with Crippen molar-refractivity contribution in [2.75, 3.05) is 13.6 Å². The first-order valence-corrected chi connectivity index (χ1v) is 8.62. The molecule has 122 valence electrons. The van der Waals surface area contributed by atoms with Crippen molar-refractivity contribution >= 4 is 11.0 Å². The molecule has 0 amide bonds. The summed E-state index contributed by atoms with van der Waals surface area (Å²) in [7, 11) is -0.330. The fraction of sp³-hybridized carbons (Fsp3) is 1.00. The van der Waals surface area contributed by atoms with E-state index >= 15 is 0 Å². The molecule has 4 bridgehead atoms. The number of halogens is 4. The van der Waals surface area contributed by atoms with E-state index in [2.05, 4.69) is 0 Å². The summed E-state index contributed by atoms with van der Waals surface area (Å²) in [5, 5.41) is 0. The van der Waals surface area contributed by atoms with Gasteiger partial charge in [0.15, 0.2) is 0 Å². The fourth-order valence-electron chi connectivity index (χ4n) is 5.00. The molecule has 0 heterocycles. The molecule has 0 aromatic rings. The molecular formula is C14H21F4NOS. The highest BCUT2D eigenvalue weighted by Gasteiger charge is 2.55. The molecule has 0 radical (unpaired) electrons. The van der Waals surface area contributed by atoms with Crippen LogP contribution in [0.5, 0.6) is 0 Å². The van der Waals surface area contributed by atoms with Gasteiger partial charge in [0, 0.05) is 7.05 Å². The van der Waals surface area contributed by atoms with Crippen LogP contribution in [-0.4, -0.2) is 39.2 Å². The first-order valence-electron chi connectivity index (χ1n) is 7.51. The predicted octanol–water partition coefficient (Wildman–Crippen LogP) is 3.45. The van der Waals surface area contributed by atoms with Gasteiger partial charge in [0.1, 0.15) is 11.0 Å². The molecule has 4 fully saturated rings. The molecule has 4 aliphatic carbocycles. The van der Waals surface area contributed by atoms with Gasteiger partial charge in [0.25, 0.3) is 0 Å².